The van der Waals surface area contributed by atoms with Gasteiger partial charge in [0.1, 0.15) is 12.4 Å². The summed E-state index contributed by atoms with van der Waals surface area (Å²) in [6, 6.07) is -0.156. The molecule has 76 valence electrons. The van der Waals surface area contributed by atoms with Gasteiger partial charge in [0.2, 0.25) is 0 Å². The smallest absolute Gasteiger partial charge is 0.173 e. The van der Waals surface area contributed by atoms with Crippen molar-refractivity contribution in [1.82, 2.24) is 0 Å². The number of methoxy groups -OCH3 is 1. The zero-order valence-electron chi connectivity index (χ0n) is 8.27. The SMILES string of the molecule is COC1OC(C=O)C(C)C(C)C1N. The van der Waals surface area contributed by atoms with E-state index in [0.29, 0.717) is 0 Å². The van der Waals surface area contributed by atoms with Crippen LogP contribution < -0.4 is 5.73 Å². The first kappa shape index (κ1) is 10.6. The molecule has 0 radical (unpaired) electrons. The Morgan fingerprint density at radius 2 is 2.00 bits per heavy atom. The van der Waals surface area contributed by atoms with E-state index in [1.54, 1.807) is 0 Å². The quantitative estimate of drug-likeness (QED) is 0.625. The average molecular weight is 187 g/mol. The molecule has 0 spiro atoms. The van der Waals surface area contributed by atoms with Crippen LogP contribution in [-0.2, 0) is 14.3 Å². The summed E-state index contributed by atoms with van der Waals surface area (Å²) in [5.74, 6) is 0.382. The van der Waals surface area contributed by atoms with Gasteiger partial charge in [-0.15, -0.1) is 0 Å². The van der Waals surface area contributed by atoms with E-state index in [9.17, 15) is 4.79 Å². The van der Waals surface area contributed by atoms with Crippen LogP contribution in [0.15, 0.2) is 0 Å². The number of aldehydes is 1. The summed E-state index contributed by atoms with van der Waals surface area (Å²) >= 11 is 0. The second kappa shape index (κ2) is 4.17. The Kier molecular flexibility index (Phi) is 3.41. The molecule has 0 amide bonds. The molecule has 5 atom stereocenters. The molecule has 1 fully saturated rings. The van der Waals surface area contributed by atoms with Gasteiger partial charge in [0.15, 0.2) is 6.29 Å². The van der Waals surface area contributed by atoms with Crippen molar-refractivity contribution in [3.8, 4) is 0 Å². The Morgan fingerprint density at radius 1 is 1.38 bits per heavy atom. The van der Waals surface area contributed by atoms with Crippen molar-refractivity contribution in [2.75, 3.05) is 7.11 Å². The number of nitrogens with two attached hydrogens (primary N) is 1. The van der Waals surface area contributed by atoms with Gasteiger partial charge in [0.25, 0.3) is 0 Å². The van der Waals surface area contributed by atoms with E-state index in [1.165, 1.54) is 7.11 Å². The van der Waals surface area contributed by atoms with Crippen LogP contribution >= 0.6 is 0 Å². The lowest BCUT2D eigenvalue weighted by atomic mass is 9.83. The lowest BCUT2D eigenvalue weighted by molar-refractivity contribution is -0.212. The monoisotopic (exact) mass is 187 g/mol. The minimum absolute atomic E-state index is 0.152. The maximum atomic E-state index is 10.7. The van der Waals surface area contributed by atoms with Gasteiger partial charge in [0, 0.05) is 7.11 Å². The minimum Gasteiger partial charge on any atom is -0.354 e. The molecule has 0 aromatic rings. The molecule has 0 aromatic carbocycles. The van der Waals surface area contributed by atoms with Crippen molar-refractivity contribution < 1.29 is 14.3 Å². The molecule has 1 aliphatic rings. The highest BCUT2D eigenvalue weighted by Crippen LogP contribution is 2.28. The molecular formula is C9H17NO3. The van der Waals surface area contributed by atoms with Crippen molar-refractivity contribution in [3.63, 3.8) is 0 Å². The van der Waals surface area contributed by atoms with Crippen LogP contribution in [0.2, 0.25) is 0 Å². The number of ether oxygens (including phenoxy) is 2. The molecule has 0 aliphatic carbocycles. The summed E-state index contributed by atoms with van der Waals surface area (Å²) < 4.78 is 10.4. The molecule has 1 heterocycles. The summed E-state index contributed by atoms with van der Waals surface area (Å²) in [6.45, 7) is 3.98. The second-order valence-corrected chi connectivity index (χ2v) is 3.64. The van der Waals surface area contributed by atoms with Gasteiger partial charge in [-0.3, -0.25) is 0 Å². The van der Waals surface area contributed by atoms with Crippen LogP contribution in [0, 0.1) is 11.8 Å². The lowest BCUT2D eigenvalue weighted by Crippen LogP contribution is -2.54. The molecule has 0 bridgehead atoms. The third-order valence-corrected chi connectivity index (χ3v) is 2.93. The van der Waals surface area contributed by atoms with Crippen molar-refractivity contribution >= 4 is 6.29 Å². The van der Waals surface area contributed by atoms with Gasteiger partial charge in [-0.1, -0.05) is 13.8 Å². The molecule has 0 saturated carbocycles. The van der Waals surface area contributed by atoms with Gasteiger partial charge in [-0.2, -0.15) is 0 Å². The number of hydrogen-bond acceptors (Lipinski definition) is 4. The van der Waals surface area contributed by atoms with Crippen LogP contribution in [0.1, 0.15) is 13.8 Å². The zero-order chi connectivity index (χ0) is 10.0. The highest BCUT2D eigenvalue weighted by molar-refractivity contribution is 5.56. The van der Waals surface area contributed by atoms with E-state index in [4.69, 9.17) is 15.2 Å². The molecule has 4 nitrogen and oxygen atoms in total. The van der Waals surface area contributed by atoms with Crippen molar-refractivity contribution in [2.24, 2.45) is 17.6 Å². The van der Waals surface area contributed by atoms with Crippen molar-refractivity contribution in [2.45, 2.75) is 32.3 Å². The molecular weight excluding hydrogens is 170 g/mol. The van der Waals surface area contributed by atoms with E-state index in [2.05, 4.69) is 0 Å². The van der Waals surface area contributed by atoms with E-state index in [-0.39, 0.29) is 24.0 Å². The van der Waals surface area contributed by atoms with Gasteiger partial charge < -0.3 is 20.0 Å². The second-order valence-electron chi connectivity index (χ2n) is 3.64. The zero-order valence-corrected chi connectivity index (χ0v) is 8.27. The average Bonchev–Trinajstić information content (AvgIpc) is 2.15. The van der Waals surface area contributed by atoms with Gasteiger partial charge in [0.05, 0.1) is 6.04 Å². The number of hydrogen-bond donors (Lipinski definition) is 1. The molecule has 1 rings (SSSR count). The highest BCUT2D eigenvalue weighted by Gasteiger charge is 2.39. The third-order valence-electron chi connectivity index (χ3n) is 2.93. The Labute approximate surface area is 78.4 Å². The lowest BCUT2D eigenvalue weighted by Gasteiger charge is -2.40. The first-order chi connectivity index (χ1) is 6.11. The van der Waals surface area contributed by atoms with Crippen LogP contribution in [-0.4, -0.2) is 31.8 Å². The minimum atomic E-state index is -0.457. The molecule has 1 saturated heterocycles. The van der Waals surface area contributed by atoms with E-state index >= 15 is 0 Å². The molecule has 2 N–H and O–H groups in total. The maximum absolute atomic E-state index is 10.7. The van der Waals surface area contributed by atoms with Crippen LogP contribution in [0.25, 0.3) is 0 Å². The topological polar surface area (TPSA) is 61.5 Å². The van der Waals surface area contributed by atoms with E-state index < -0.39 is 6.29 Å². The van der Waals surface area contributed by atoms with Crippen molar-refractivity contribution in [1.29, 1.82) is 0 Å². The normalized spacial score (nSPS) is 46.0. The Hall–Kier alpha value is -0.450. The summed E-state index contributed by atoms with van der Waals surface area (Å²) in [5, 5.41) is 0. The molecule has 0 aromatic heterocycles. The van der Waals surface area contributed by atoms with E-state index in [0.717, 1.165) is 6.29 Å². The molecule has 1 aliphatic heterocycles. The molecule has 13 heavy (non-hydrogen) atoms. The third kappa shape index (κ3) is 1.90. The Bertz CT molecular complexity index is 184. The van der Waals surface area contributed by atoms with Crippen LogP contribution in [0.3, 0.4) is 0 Å². The highest BCUT2D eigenvalue weighted by atomic mass is 16.7. The first-order valence-electron chi connectivity index (χ1n) is 4.51. The summed E-state index contributed by atoms with van der Waals surface area (Å²) in [5.41, 5.74) is 5.87. The fourth-order valence-corrected chi connectivity index (χ4v) is 1.64. The van der Waals surface area contributed by atoms with Gasteiger partial charge >= 0.3 is 0 Å². The predicted octanol–water partition coefficient (Wildman–Crippen LogP) is 0.156. The number of carbonyl (C=O) groups is 1. The predicted molar refractivity (Wildman–Crippen MR) is 48.0 cm³/mol. The van der Waals surface area contributed by atoms with Crippen molar-refractivity contribution in [3.05, 3.63) is 0 Å². The summed E-state index contributed by atoms with van der Waals surface area (Å²) in [7, 11) is 1.54. The van der Waals surface area contributed by atoms with Crippen LogP contribution in [0.4, 0.5) is 0 Å². The van der Waals surface area contributed by atoms with Crippen LogP contribution in [0.5, 0.6) is 0 Å². The summed E-state index contributed by atoms with van der Waals surface area (Å²) in [6.07, 6.45) is -0.0276. The maximum Gasteiger partial charge on any atom is 0.173 e. The molecule has 4 heteroatoms. The van der Waals surface area contributed by atoms with Gasteiger partial charge in [-0.25, -0.2) is 0 Å². The fourth-order valence-electron chi connectivity index (χ4n) is 1.64. The number of carbonyl (C=O) groups excluding carboxylic acids is 1. The fraction of sp³-hybridized carbons (Fsp3) is 0.889. The Balaban J connectivity index is 2.71. The number of rotatable bonds is 2. The Morgan fingerprint density at radius 3 is 2.46 bits per heavy atom. The molecule has 5 unspecified atom stereocenters. The largest absolute Gasteiger partial charge is 0.354 e. The first-order valence-corrected chi connectivity index (χ1v) is 4.51. The standard InChI is InChI=1S/C9H17NO3/c1-5-6(2)8(10)9(12-3)13-7(5)4-11/h4-9H,10H2,1-3H3. The van der Waals surface area contributed by atoms with Gasteiger partial charge in [-0.05, 0) is 11.8 Å². The van der Waals surface area contributed by atoms with E-state index in [1.807, 2.05) is 13.8 Å². The summed E-state index contributed by atoms with van der Waals surface area (Å²) in [4.78, 5) is 10.7.